The number of halogens is 1. The molecule has 13 heavy (non-hydrogen) atoms. The molecule has 2 rings (SSSR count). The van der Waals surface area contributed by atoms with Crippen LogP contribution in [0.1, 0.15) is 11.1 Å². The molecule has 0 bridgehead atoms. The highest BCUT2D eigenvalue weighted by molar-refractivity contribution is 5.99. The first-order valence-electron chi connectivity index (χ1n) is 4.32. The van der Waals surface area contributed by atoms with Crippen LogP contribution >= 0.6 is 0 Å². The summed E-state index contributed by atoms with van der Waals surface area (Å²) < 4.78 is 13.1. The van der Waals surface area contributed by atoms with Crippen molar-refractivity contribution in [3.05, 3.63) is 35.1 Å². The second-order valence-electron chi connectivity index (χ2n) is 3.12. The van der Waals surface area contributed by atoms with E-state index in [-0.39, 0.29) is 5.82 Å². The Morgan fingerprint density at radius 1 is 1.46 bits per heavy atom. The van der Waals surface area contributed by atoms with Gasteiger partial charge in [-0.1, -0.05) is 12.1 Å². The summed E-state index contributed by atoms with van der Waals surface area (Å²) in [6.07, 6.45) is 0. The number of nitrogens with one attached hydrogen (secondary N) is 1. The smallest absolute Gasteiger partial charge is 0.128 e. The number of rotatable bonds is 1. The van der Waals surface area contributed by atoms with Crippen LogP contribution < -0.4 is 5.32 Å². The highest BCUT2D eigenvalue weighted by Gasteiger charge is 2.08. The molecule has 0 atom stereocenters. The molecule has 1 aromatic rings. The van der Waals surface area contributed by atoms with Crippen LogP contribution in [0.5, 0.6) is 0 Å². The third-order valence-corrected chi connectivity index (χ3v) is 2.12. The minimum atomic E-state index is -0.172. The van der Waals surface area contributed by atoms with E-state index in [0.717, 1.165) is 24.5 Å². The van der Waals surface area contributed by atoms with Gasteiger partial charge in [0.2, 0.25) is 0 Å². The number of hydrogen-bond acceptors (Lipinski definition) is 2. The van der Waals surface area contributed by atoms with Crippen LogP contribution in [0, 0.1) is 12.7 Å². The average Bonchev–Trinajstić information content (AvgIpc) is 2.62. The highest BCUT2D eigenvalue weighted by Crippen LogP contribution is 2.10. The Bertz CT molecular complexity index is 358. The molecule has 0 saturated carbocycles. The van der Waals surface area contributed by atoms with E-state index in [1.807, 2.05) is 6.07 Å². The van der Waals surface area contributed by atoms with Gasteiger partial charge in [0.1, 0.15) is 11.7 Å². The Balaban J connectivity index is 2.36. The van der Waals surface area contributed by atoms with E-state index in [4.69, 9.17) is 0 Å². The van der Waals surface area contributed by atoms with Crippen molar-refractivity contribution in [3.63, 3.8) is 0 Å². The fourth-order valence-corrected chi connectivity index (χ4v) is 1.33. The van der Waals surface area contributed by atoms with E-state index >= 15 is 0 Å². The van der Waals surface area contributed by atoms with E-state index in [0.29, 0.717) is 5.56 Å². The van der Waals surface area contributed by atoms with Gasteiger partial charge in [-0.3, -0.25) is 4.99 Å². The van der Waals surface area contributed by atoms with Gasteiger partial charge in [0.15, 0.2) is 0 Å². The lowest BCUT2D eigenvalue weighted by atomic mass is 10.0. The van der Waals surface area contributed by atoms with Crippen molar-refractivity contribution in [1.82, 2.24) is 5.32 Å². The van der Waals surface area contributed by atoms with Crippen LogP contribution in [-0.4, -0.2) is 18.9 Å². The first-order valence-corrected chi connectivity index (χ1v) is 4.32. The van der Waals surface area contributed by atoms with Crippen LogP contribution in [0.2, 0.25) is 0 Å². The molecule has 0 amide bonds. The number of nitrogens with zero attached hydrogens (tertiary/aromatic N) is 1. The van der Waals surface area contributed by atoms with Crippen molar-refractivity contribution in [1.29, 1.82) is 0 Å². The summed E-state index contributed by atoms with van der Waals surface area (Å²) in [6.45, 7) is 3.39. The lowest BCUT2D eigenvalue weighted by Gasteiger charge is -2.03. The van der Waals surface area contributed by atoms with Gasteiger partial charge in [0.05, 0.1) is 6.54 Å². The first-order chi connectivity index (χ1) is 6.27. The summed E-state index contributed by atoms with van der Waals surface area (Å²) in [4.78, 5) is 4.22. The van der Waals surface area contributed by atoms with Gasteiger partial charge in [0.25, 0.3) is 0 Å². The van der Waals surface area contributed by atoms with Gasteiger partial charge in [-0.2, -0.15) is 0 Å². The Morgan fingerprint density at radius 2 is 2.31 bits per heavy atom. The molecule has 1 aliphatic rings. The van der Waals surface area contributed by atoms with Crippen LogP contribution in [-0.2, 0) is 0 Å². The fourth-order valence-electron chi connectivity index (χ4n) is 1.33. The Morgan fingerprint density at radius 3 is 2.92 bits per heavy atom. The zero-order valence-electron chi connectivity index (χ0n) is 7.47. The summed E-state index contributed by atoms with van der Waals surface area (Å²) in [6, 6.07) is 5.18. The van der Waals surface area contributed by atoms with Crippen LogP contribution in [0.25, 0.3) is 0 Å². The lowest BCUT2D eigenvalue weighted by molar-refractivity contribution is 0.618. The van der Waals surface area contributed by atoms with Crippen molar-refractivity contribution in [2.75, 3.05) is 13.1 Å². The molecule has 3 heteroatoms. The zero-order chi connectivity index (χ0) is 9.26. The third kappa shape index (κ3) is 1.54. The van der Waals surface area contributed by atoms with Gasteiger partial charge in [0, 0.05) is 12.1 Å². The van der Waals surface area contributed by atoms with Gasteiger partial charge in [-0.05, 0) is 18.6 Å². The van der Waals surface area contributed by atoms with Crippen LogP contribution in [0.15, 0.2) is 23.2 Å². The van der Waals surface area contributed by atoms with Crippen LogP contribution in [0.3, 0.4) is 0 Å². The summed E-state index contributed by atoms with van der Waals surface area (Å²) in [7, 11) is 0. The number of hydrogen-bond donors (Lipinski definition) is 1. The molecule has 68 valence electrons. The Kier molecular flexibility index (Phi) is 2.00. The second kappa shape index (κ2) is 3.17. The molecular formula is C10H11FN2. The molecule has 1 N–H and O–H groups in total. The minimum Gasteiger partial charge on any atom is -0.368 e. The van der Waals surface area contributed by atoms with E-state index in [1.54, 1.807) is 13.0 Å². The molecule has 0 radical (unpaired) electrons. The molecule has 0 spiro atoms. The third-order valence-electron chi connectivity index (χ3n) is 2.12. The summed E-state index contributed by atoms with van der Waals surface area (Å²) in [5.74, 6) is 0.632. The largest absolute Gasteiger partial charge is 0.368 e. The normalized spacial score (nSPS) is 15.4. The Hall–Kier alpha value is -1.38. The SMILES string of the molecule is [11CH3]c1ccc(C2=NCCN2)cc1F. The Labute approximate surface area is 76.5 Å². The predicted octanol–water partition coefficient (Wildman–Crippen LogP) is 1.48. The summed E-state index contributed by atoms with van der Waals surface area (Å²) >= 11 is 0. The average molecular weight is 177 g/mol. The number of amidine groups is 1. The molecule has 0 fully saturated rings. The molecule has 0 aliphatic carbocycles. The van der Waals surface area contributed by atoms with E-state index in [1.165, 1.54) is 6.07 Å². The molecular weight excluding hydrogens is 166 g/mol. The molecule has 1 aliphatic heterocycles. The van der Waals surface area contributed by atoms with E-state index in [2.05, 4.69) is 10.3 Å². The summed E-state index contributed by atoms with van der Waals surface area (Å²) in [5.41, 5.74) is 1.50. The highest BCUT2D eigenvalue weighted by atomic mass is 19.1. The number of aryl methyl sites for hydroxylation is 1. The lowest BCUT2D eigenvalue weighted by Crippen LogP contribution is -2.19. The quantitative estimate of drug-likeness (QED) is 0.690. The minimum absolute atomic E-state index is 0.172. The number of benzene rings is 1. The molecule has 0 saturated heterocycles. The van der Waals surface area contributed by atoms with Crippen molar-refractivity contribution in [3.8, 4) is 0 Å². The maximum atomic E-state index is 13.1. The molecule has 0 aromatic heterocycles. The second-order valence-corrected chi connectivity index (χ2v) is 3.12. The molecule has 2 nitrogen and oxygen atoms in total. The van der Waals surface area contributed by atoms with Gasteiger partial charge in [-0.15, -0.1) is 0 Å². The summed E-state index contributed by atoms with van der Waals surface area (Å²) in [5, 5.41) is 3.10. The number of aliphatic imine (C=N–C) groups is 1. The monoisotopic (exact) mass is 177 g/mol. The van der Waals surface area contributed by atoms with Crippen molar-refractivity contribution >= 4 is 5.84 Å². The first kappa shape index (κ1) is 8.23. The van der Waals surface area contributed by atoms with E-state index < -0.39 is 0 Å². The van der Waals surface area contributed by atoms with Crippen molar-refractivity contribution in [2.24, 2.45) is 4.99 Å². The molecule has 0 unspecified atom stereocenters. The maximum absolute atomic E-state index is 13.1. The van der Waals surface area contributed by atoms with Gasteiger partial charge in [-0.25, -0.2) is 4.39 Å². The van der Waals surface area contributed by atoms with Crippen molar-refractivity contribution in [2.45, 2.75) is 6.92 Å². The molecule has 1 heterocycles. The van der Waals surface area contributed by atoms with Gasteiger partial charge >= 0.3 is 0 Å². The fraction of sp³-hybridized carbons (Fsp3) is 0.300. The molecule has 1 aromatic carbocycles. The van der Waals surface area contributed by atoms with Gasteiger partial charge < -0.3 is 5.32 Å². The van der Waals surface area contributed by atoms with E-state index in [9.17, 15) is 4.39 Å². The maximum Gasteiger partial charge on any atom is 0.128 e. The van der Waals surface area contributed by atoms with Crippen molar-refractivity contribution < 1.29 is 4.39 Å². The zero-order valence-corrected chi connectivity index (χ0v) is 7.47. The predicted molar refractivity (Wildman–Crippen MR) is 50.5 cm³/mol. The van der Waals surface area contributed by atoms with Crippen LogP contribution in [0.4, 0.5) is 4.39 Å². The topological polar surface area (TPSA) is 24.4 Å². The standard InChI is InChI=1S/C10H11FN2/c1-7-2-3-8(6-9(7)11)10-12-4-5-13-10/h2-3,6H,4-5H2,1H3,(H,12,13)/i1-1.